The smallest absolute Gasteiger partial charge is 0.237 e. The van der Waals surface area contributed by atoms with Crippen LogP contribution in [0.1, 0.15) is 17.9 Å². The first-order chi connectivity index (χ1) is 8.54. The molecule has 0 aliphatic carbocycles. The molecule has 0 bridgehead atoms. The average Bonchev–Trinajstić information content (AvgIpc) is 2.58. The summed E-state index contributed by atoms with van der Waals surface area (Å²) < 4.78 is 0. The highest BCUT2D eigenvalue weighted by molar-refractivity contribution is 8.01. The molecular formula is C13H11Cl2NOS. The van der Waals surface area contributed by atoms with Crippen LogP contribution < -0.4 is 0 Å². The lowest BCUT2D eigenvalue weighted by atomic mass is 10.2. The quantitative estimate of drug-likeness (QED) is 0.778. The van der Waals surface area contributed by atoms with Crippen LogP contribution in [0.5, 0.6) is 0 Å². The van der Waals surface area contributed by atoms with Crippen molar-refractivity contribution in [2.75, 3.05) is 6.54 Å². The van der Waals surface area contributed by atoms with Crippen molar-refractivity contribution >= 4 is 40.9 Å². The van der Waals surface area contributed by atoms with E-state index in [1.807, 2.05) is 13.0 Å². The average molecular weight is 300 g/mol. The number of rotatable bonds is 2. The number of carbonyl (C=O) groups is 1. The summed E-state index contributed by atoms with van der Waals surface area (Å²) in [5.41, 5.74) is 0.874. The maximum absolute atomic E-state index is 12.0. The summed E-state index contributed by atoms with van der Waals surface area (Å²) in [6.07, 6.45) is 5.31. The topological polar surface area (TPSA) is 20.3 Å². The van der Waals surface area contributed by atoms with Crippen molar-refractivity contribution in [3.63, 3.8) is 0 Å². The molecule has 1 aromatic carbocycles. The van der Waals surface area contributed by atoms with E-state index >= 15 is 0 Å². The Morgan fingerprint density at radius 1 is 1.50 bits per heavy atom. The fourth-order valence-corrected chi connectivity index (χ4v) is 3.77. The lowest BCUT2D eigenvalue weighted by Crippen LogP contribution is -2.30. The van der Waals surface area contributed by atoms with Gasteiger partial charge in [-0.1, -0.05) is 35.2 Å². The molecule has 1 aliphatic heterocycles. The van der Waals surface area contributed by atoms with Gasteiger partial charge in [0, 0.05) is 15.6 Å². The molecule has 0 radical (unpaired) electrons. The second kappa shape index (κ2) is 5.44. The molecule has 94 valence electrons. The van der Waals surface area contributed by atoms with E-state index in [0.29, 0.717) is 16.6 Å². The van der Waals surface area contributed by atoms with Gasteiger partial charge < -0.3 is 4.90 Å². The zero-order chi connectivity index (χ0) is 13.3. The highest BCUT2D eigenvalue weighted by Crippen LogP contribution is 2.45. The Morgan fingerprint density at radius 2 is 2.22 bits per heavy atom. The SMILES string of the molecule is C#CCN1C(=O)C(C)SC1c1ccc(Cl)cc1Cl. The molecule has 1 saturated heterocycles. The van der Waals surface area contributed by atoms with Gasteiger partial charge in [0.25, 0.3) is 0 Å². The molecule has 1 fully saturated rings. The van der Waals surface area contributed by atoms with E-state index in [1.54, 1.807) is 28.8 Å². The van der Waals surface area contributed by atoms with Crippen molar-refractivity contribution in [3.8, 4) is 12.3 Å². The first-order valence-corrected chi connectivity index (χ1v) is 7.09. The molecule has 0 saturated carbocycles. The van der Waals surface area contributed by atoms with Gasteiger partial charge in [-0.15, -0.1) is 18.2 Å². The standard InChI is InChI=1S/C13H11Cl2NOS/c1-3-6-16-12(17)8(2)18-13(16)10-5-4-9(14)7-11(10)15/h1,4-5,7-8,13H,6H2,2H3. The molecule has 0 aromatic heterocycles. The Hall–Kier alpha value is -0.820. The number of hydrogen-bond acceptors (Lipinski definition) is 2. The highest BCUT2D eigenvalue weighted by Gasteiger charge is 2.38. The molecule has 18 heavy (non-hydrogen) atoms. The molecular weight excluding hydrogens is 289 g/mol. The fraction of sp³-hybridized carbons (Fsp3) is 0.308. The monoisotopic (exact) mass is 299 g/mol. The van der Waals surface area contributed by atoms with E-state index < -0.39 is 0 Å². The van der Waals surface area contributed by atoms with Crippen LogP contribution in [0.25, 0.3) is 0 Å². The molecule has 5 heteroatoms. The number of benzene rings is 1. The van der Waals surface area contributed by atoms with Crippen LogP contribution in [0.3, 0.4) is 0 Å². The Bertz CT molecular complexity index is 526. The fourth-order valence-electron chi connectivity index (χ4n) is 1.88. The van der Waals surface area contributed by atoms with Gasteiger partial charge in [-0.05, 0) is 19.1 Å². The van der Waals surface area contributed by atoms with Crippen LogP contribution in [-0.2, 0) is 4.79 Å². The lowest BCUT2D eigenvalue weighted by molar-refractivity contribution is -0.129. The van der Waals surface area contributed by atoms with Gasteiger partial charge >= 0.3 is 0 Å². The predicted octanol–water partition coefficient (Wildman–Crippen LogP) is 3.59. The minimum atomic E-state index is -0.131. The van der Waals surface area contributed by atoms with E-state index in [4.69, 9.17) is 29.6 Å². The summed E-state index contributed by atoms with van der Waals surface area (Å²) in [5, 5.41) is 0.905. The highest BCUT2D eigenvalue weighted by atomic mass is 35.5. The molecule has 2 nitrogen and oxygen atoms in total. The van der Waals surface area contributed by atoms with Crippen LogP contribution in [0.15, 0.2) is 18.2 Å². The summed E-state index contributed by atoms with van der Waals surface area (Å²) in [6, 6.07) is 5.29. The number of carbonyl (C=O) groups excluding carboxylic acids is 1. The largest absolute Gasteiger partial charge is 0.314 e. The van der Waals surface area contributed by atoms with Gasteiger partial charge in [-0.2, -0.15) is 0 Å². The third-order valence-corrected chi connectivity index (χ3v) is 4.68. The Labute approximate surface area is 121 Å². The second-order valence-corrected chi connectivity index (χ2v) is 6.24. The molecule has 0 spiro atoms. The van der Waals surface area contributed by atoms with Crippen molar-refractivity contribution < 1.29 is 4.79 Å². The van der Waals surface area contributed by atoms with Crippen LogP contribution >= 0.6 is 35.0 Å². The maximum atomic E-state index is 12.0. The summed E-state index contributed by atoms with van der Waals surface area (Å²) in [7, 11) is 0. The number of amides is 1. The van der Waals surface area contributed by atoms with Crippen LogP contribution in [0.4, 0.5) is 0 Å². The molecule has 1 amide bonds. The molecule has 1 aromatic rings. The molecule has 1 aliphatic rings. The number of hydrogen-bond donors (Lipinski definition) is 0. The van der Waals surface area contributed by atoms with E-state index in [0.717, 1.165) is 5.56 Å². The second-order valence-electron chi connectivity index (χ2n) is 3.97. The van der Waals surface area contributed by atoms with Crippen molar-refractivity contribution in [1.82, 2.24) is 4.90 Å². The number of thioether (sulfide) groups is 1. The van der Waals surface area contributed by atoms with Crippen molar-refractivity contribution in [2.45, 2.75) is 17.5 Å². The molecule has 1 heterocycles. The zero-order valence-corrected chi connectivity index (χ0v) is 12.0. The Balaban J connectivity index is 2.37. The third kappa shape index (κ3) is 2.47. The Morgan fingerprint density at radius 3 is 2.83 bits per heavy atom. The van der Waals surface area contributed by atoms with Gasteiger partial charge in [0.2, 0.25) is 5.91 Å². The van der Waals surface area contributed by atoms with Crippen molar-refractivity contribution in [1.29, 1.82) is 0 Å². The summed E-state index contributed by atoms with van der Waals surface area (Å²) in [4.78, 5) is 13.7. The van der Waals surface area contributed by atoms with Crippen LogP contribution in [0, 0.1) is 12.3 Å². The summed E-state index contributed by atoms with van der Waals surface area (Å²) >= 11 is 13.6. The zero-order valence-electron chi connectivity index (χ0n) is 9.69. The number of terminal acetylenes is 1. The van der Waals surface area contributed by atoms with Crippen molar-refractivity contribution in [3.05, 3.63) is 33.8 Å². The van der Waals surface area contributed by atoms with Gasteiger partial charge in [-0.3, -0.25) is 4.79 Å². The first-order valence-electron chi connectivity index (χ1n) is 5.39. The van der Waals surface area contributed by atoms with E-state index in [-0.39, 0.29) is 16.5 Å². The minimum absolute atomic E-state index is 0.0500. The molecule has 2 atom stereocenters. The van der Waals surface area contributed by atoms with Gasteiger partial charge in [0.15, 0.2) is 0 Å². The summed E-state index contributed by atoms with van der Waals surface area (Å²) in [5.74, 6) is 2.56. The lowest BCUT2D eigenvalue weighted by Gasteiger charge is -2.22. The van der Waals surface area contributed by atoms with E-state index in [2.05, 4.69) is 5.92 Å². The van der Waals surface area contributed by atoms with Gasteiger partial charge in [0.1, 0.15) is 5.37 Å². The number of nitrogens with zero attached hydrogens (tertiary/aromatic N) is 1. The van der Waals surface area contributed by atoms with E-state index in [9.17, 15) is 4.79 Å². The third-order valence-electron chi connectivity index (χ3n) is 2.74. The molecule has 0 N–H and O–H groups in total. The summed E-state index contributed by atoms with van der Waals surface area (Å²) in [6.45, 7) is 2.17. The van der Waals surface area contributed by atoms with Gasteiger partial charge in [-0.25, -0.2) is 0 Å². The normalized spacial score (nSPS) is 23.2. The van der Waals surface area contributed by atoms with Crippen molar-refractivity contribution in [2.24, 2.45) is 0 Å². The Kier molecular flexibility index (Phi) is 4.11. The first kappa shape index (κ1) is 13.6. The van der Waals surface area contributed by atoms with Crippen LogP contribution in [0.2, 0.25) is 10.0 Å². The minimum Gasteiger partial charge on any atom is -0.314 e. The predicted molar refractivity (Wildman–Crippen MR) is 76.8 cm³/mol. The maximum Gasteiger partial charge on any atom is 0.237 e. The molecule has 2 rings (SSSR count). The van der Waals surface area contributed by atoms with Crippen LogP contribution in [-0.4, -0.2) is 22.6 Å². The number of halogens is 2. The van der Waals surface area contributed by atoms with E-state index in [1.165, 1.54) is 0 Å². The van der Waals surface area contributed by atoms with Gasteiger partial charge in [0.05, 0.1) is 11.8 Å². The molecule has 2 unspecified atom stereocenters.